The van der Waals surface area contributed by atoms with Gasteiger partial charge in [0.2, 0.25) is 0 Å². The van der Waals surface area contributed by atoms with Gasteiger partial charge in [0.25, 0.3) is 6.71 Å². The van der Waals surface area contributed by atoms with Crippen LogP contribution in [0, 0.1) is 6.92 Å². The van der Waals surface area contributed by atoms with Gasteiger partial charge in [0.05, 0.1) is 19.4 Å². The number of nitrogens with zero attached hydrogens (tertiary/aromatic N) is 2. The molecule has 3 aliphatic rings. The molecule has 0 fully saturated rings. The summed E-state index contributed by atoms with van der Waals surface area (Å²) in [5.74, 6) is 0. The average molecular weight is 917 g/mol. The fourth-order valence-electron chi connectivity index (χ4n) is 11.4. The monoisotopic (exact) mass is 917 g/mol. The molecule has 10 rings (SSSR count). The van der Waals surface area contributed by atoms with E-state index in [9.17, 15) is 0 Å². The van der Waals surface area contributed by atoms with E-state index in [0.29, 0.717) is 0 Å². The van der Waals surface area contributed by atoms with Crippen molar-refractivity contribution in [1.82, 2.24) is 0 Å². The van der Waals surface area contributed by atoms with Crippen LogP contribution in [0.2, 0.25) is 19.6 Å². The third-order valence-electron chi connectivity index (χ3n) is 15.8. The molecule has 0 spiro atoms. The third kappa shape index (κ3) is 7.57. The minimum absolute atomic E-state index is 0.00911. The molecule has 67 heavy (non-hydrogen) atoms. The summed E-state index contributed by atoms with van der Waals surface area (Å²) in [5.41, 5.74) is 21.6. The maximum Gasteiger partial charge on any atom is 0.264 e. The Kier molecular flexibility index (Phi) is 10.3. The average Bonchev–Trinajstić information content (AvgIpc) is 3.61. The first-order valence-corrected chi connectivity index (χ1v) is 29.3. The Hall–Kier alpha value is -4.84. The fourth-order valence-corrected chi connectivity index (χ4v) is 13.9. The summed E-state index contributed by atoms with van der Waals surface area (Å²) in [7, 11) is -1.50. The van der Waals surface area contributed by atoms with Crippen LogP contribution in [0.15, 0.2) is 109 Å². The molecule has 344 valence electrons. The second-order valence-corrected chi connectivity index (χ2v) is 32.1. The first kappa shape index (κ1) is 45.9. The molecule has 2 aliphatic heterocycles. The number of anilines is 6. The van der Waals surface area contributed by atoms with Crippen LogP contribution in [-0.2, 0) is 27.1 Å². The van der Waals surface area contributed by atoms with E-state index in [2.05, 4.69) is 236 Å². The number of fused-ring (bicyclic) bond motifs is 7. The maximum atomic E-state index is 2.67. The van der Waals surface area contributed by atoms with Crippen LogP contribution in [0.5, 0.6) is 0 Å². The van der Waals surface area contributed by atoms with E-state index in [-0.39, 0.29) is 33.8 Å². The van der Waals surface area contributed by atoms with Gasteiger partial charge in [-0.05, 0) is 151 Å². The highest BCUT2D eigenvalue weighted by Gasteiger charge is 2.47. The highest BCUT2D eigenvalue weighted by atomic mass is 32.1. The van der Waals surface area contributed by atoms with Gasteiger partial charge in [-0.2, -0.15) is 0 Å². The zero-order chi connectivity index (χ0) is 48.1. The Balaban J connectivity index is 1.32. The van der Waals surface area contributed by atoms with E-state index in [1.807, 2.05) is 11.3 Å². The standard InChI is InChI=1S/C62H73BN2SSi/c1-38-32-52-55-53(33-38)65(50-28-22-41(59(5,6)7)34-45(50)39-18-26-44(27-19-39)67(15,16)17)51-29-23-42(60(8,9)10)35-49(51)63(55)57-56(64(52)43-24-20-40(21-25-43)58(2,3)4)46-36-47-48(37-54(46)66-57)62(13,14)31-30-61(47,11)12/h18-29,32-37H,30-31H2,1-17H3. The van der Waals surface area contributed by atoms with Gasteiger partial charge in [0.15, 0.2) is 0 Å². The van der Waals surface area contributed by atoms with Gasteiger partial charge in [0.1, 0.15) is 0 Å². The minimum atomic E-state index is -1.50. The Labute approximate surface area is 409 Å². The van der Waals surface area contributed by atoms with E-state index in [1.165, 1.54) is 122 Å². The van der Waals surface area contributed by atoms with Gasteiger partial charge >= 0.3 is 0 Å². The molecule has 5 heteroatoms. The molecular formula is C62H73BN2SSi. The van der Waals surface area contributed by atoms with E-state index < -0.39 is 8.07 Å². The van der Waals surface area contributed by atoms with Crippen molar-refractivity contribution in [3.63, 3.8) is 0 Å². The molecule has 0 amide bonds. The third-order valence-corrected chi connectivity index (χ3v) is 19.1. The largest absolute Gasteiger partial charge is 0.311 e. The van der Waals surface area contributed by atoms with Crippen molar-refractivity contribution in [3.05, 3.63) is 143 Å². The number of aryl methyl sites for hydroxylation is 1. The van der Waals surface area contributed by atoms with Crippen LogP contribution in [0.4, 0.5) is 34.1 Å². The van der Waals surface area contributed by atoms with Crippen LogP contribution < -0.4 is 30.7 Å². The number of hydrogen-bond acceptors (Lipinski definition) is 3. The maximum absolute atomic E-state index is 2.67. The Morgan fingerprint density at radius 1 is 0.552 bits per heavy atom. The molecule has 1 aromatic heterocycles. The molecule has 0 N–H and O–H groups in total. The summed E-state index contributed by atoms with van der Waals surface area (Å²) in [6, 6.07) is 44.2. The Morgan fingerprint density at radius 3 is 1.64 bits per heavy atom. The van der Waals surface area contributed by atoms with Crippen molar-refractivity contribution in [2.75, 3.05) is 9.80 Å². The lowest BCUT2D eigenvalue weighted by atomic mass is 9.36. The van der Waals surface area contributed by atoms with Crippen LogP contribution in [0.1, 0.15) is 136 Å². The first-order valence-electron chi connectivity index (χ1n) is 25.0. The second-order valence-electron chi connectivity index (χ2n) is 25.9. The van der Waals surface area contributed by atoms with Crippen molar-refractivity contribution in [1.29, 1.82) is 0 Å². The van der Waals surface area contributed by atoms with Crippen LogP contribution >= 0.6 is 11.3 Å². The van der Waals surface area contributed by atoms with Gasteiger partial charge in [-0.3, -0.25) is 0 Å². The number of hydrogen-bond donors (Lipinski definition) is 0. The molecule has 0 saturated carbocycles. The predicted octanol–water partition coefficient (Wildman–Crippen LogP) is 15.7. The number of thiophene rings is 1. The molecule has 2 nitrogen and oxygen atoms in total. The molecule has 1 aliphatic carbocycles. The second kappa shape index (κ2) is 15.1. The molecule has 0 atom stereocenters. The van der Waals surface area contributed by atoms with Crippen LogP contribution in [0.3, 0.4) is 0 Å². The summed E-state index contributed by atoms with van der Waals surface area (Å²) >= 11 is 2.05. The van der Waals surface area contributed by atoms with Crippen molar-refractivity contribution < 1.29 is 0 Å². The van der Waals surface area contributed by atoms with E-state index in [0.717, 1.165) is 0 Å². The quantitative estimate of drug-likeness (QED) is 0.162. The molecule has 3 heterocycles. The lowest BCUT2D eigenvalue weighted by Gasteiger charge is -2.44. The Morgan fingerprint density at radius 2 is 1.07 bits per heavy atom. The lowest BCUT2D eigenvalue weighted by Crippen LogP contribution is -2.60. The normalized spacial score (nSPS) is 16.5. The molecule has 0 unspecified atom stereocenters. The van der Waals surface area contributed by atoms with E-state index in [4.69, 9.17) is 0 Å². The SMILES string of the molecule is Cc1cc2c3c(c1)N(c1ccc(C(C)(C)C)cc1)c1c(sc4cc5c(cc14)C(C)(C)CCC5(C)C)B3c1cc(C(C)(C)C)ccc1N2c1ccc(C(C)(C)C)cc1-c1ccc([Si](C)(C)C)cc1. The van der Waals surface area contributed by atoms with Gasteiger partial charge in [-0.25, -0.2) is 0 Å². The Bertz CT molecular complexity index is 3120. The highest BCUT2D eigenvalue weighted by Crippen LogP contribution is 2.53. The smallest absolute Gasteiger partial charge is 0.264 e. The lowest BCUT2D eigenvalue weighted by molar-refractivity contribution is 0.332. The molecular weight excluding hydrogens is 844 g/mol. The molecule has 0 radical (unpaired) electrons. The summed E-state index contributed by atoms with van der Waals surface area (Å²) in [4.78, 5) is 5.33. The summed E-state index contributed by atoms with van der Waals surface area (Å²) in [5, 5.41) is 2.87. The summed E-state index contributed by atoms with van der Waals surface area (Å²) in [6.45, 7) is 40.7. The molecule has 0 bridgehead atoms. The van der Waals surface area contributed by atoms with Crippen molar-refractivity contribution in [3.8, 4) is 11.1 Å². The highest BCUT2D eigenvalue weighted by molar-refractivity contribution is 7.33. The molecule has 6 aromatic carbocycles. The summed E-state index contributed by atoms with van der Waals surface area (Å²) < 4.78 is 2.84. The van der Waals surface area contributed by atoms with Gasteiger partial charge < -0.3 is 9.80 Å². The van der Waals surface area contributed by atoms with Crippen molar-refractivity contribution in [2.45, 2.75) is 156 Å². The van der Waals surface area contributed by atoms with Crippen molar-refractivity contribution >= 4 is 91.2 Å². The van der Waals surface area contributed by atoms with Crippen LogP contribution in [0.25, 0.3) is 21.2 Å². The van der Waals surface area contributed by atoms with E-state index in [1.54, 1.807) is 0 Å². The first-order chi connectivity index (χ1) is 31.1. The molecule has 7 aromatic rings. The predicted molar refractivity (Wildman–Crippen MR) is 300 cm³/mol. The topological polar surface area (TPSA) is 6.48 Å². The minimum Gasteiger partial charge on any atom is -0.311 e. The van der Waals surface area contributed by atoms with Gasteiger partial charge in [-0.15, -0.1) is 11.3 Å². The van der Waals surface area contributed by atoms with Crippen molar-refractivity contribution in [2.24, 2.45) is 0 Å². The molecule has 0 saturated heterocycles. The van der Waals surface area contributed by atoms with Crippen LogP contribution in [-0.4, -0.2) is 14.8 Å². The summed E-state index contributed by atoms with van der Waals surface area (Å²) in [6.07, 6.45) is 2.39. The number of benzene rings is 6. The number of rotatable bonds is 4. The van der Waals surface area contributed by atoms with Gasteiger partial charge in [-0.1, -0.05) is 169 Å². The zero-order valence-corrected chi connectivity index (χ0v) is 45.5. The van der Waals surface area contributed by atoms with Gasteiger partial charge in [0, 0.05) is 43.2 Å². The fraction of sp³-hybridized carbons (Fsp3) is 0.387. The van der Waals surface area contributed by atoms with E-state index >= 15 is 0 Å². The zero-order valence-electron chi connectivity index (χ0n) is 43.7.